The minimum atomic E-state index is -0.185. The van der Waals surface area contributed by atoms with Crippen molar-refractivity contribution in [3.05, 3.63) is 41.1 Å². The maximum Gasteiger partial charge on any atom is 0.228 e. The van der Waals surface area contributed by atoms with Crippen LogP contribution >= 0.6 is 0 Å². The molecule has 0 spiro atoms. The summed E-state index contributed by atoms with van der Waals surface area (Å²) in [5, 5.41) is 13.9. The van der Waals surface area contributed by atoms with Crippen LogP contribution in [-0.2, 0) is 18.3 Å². The van der Waals surface area contributed by atoms with Gasteiger partial charge in [0.2, 0.25) is 5.91 Å². The summed E-state index contributed by atoms with van der Waals surface area (Å²) in [5.74, 6) is 0.557. The van der Waals surface area contributed by atoms with E-state index in [0.29, 0.717) is 6.04 Å². The maximum atomic E-state index is 12.9. The number of carbonyl (C=O) groups excluding carboxylic acids is 1. The van der Waals surface area contributed by atoms with Gasteiger partial charge in [-0.3, -0.25) is 9.69 Å². The highest BCUT2D eigenvalue weighted by Crippen LogP contribution is 2.49. The van der Waals surface area contributed by atoms with Crippen molar-refractivity contribution < 1.29 is 9.90 Å². The first kappa shape index (κ1) is 18.9. The molecule has 1 aromatic heterocycles. The Bertz CT molecular complexity index is 997. The van der Waals surface area contributed by atoms with Gasteiger partial charge in [0.25, 0.3) is 0 Å². The van der Waals surface area contributed by atoms with Crippen molar-refractivity contribution >= 4 is 22.4 Å². The second-order valence-corrected chi connectivity index (χ2v) is 9.08. The molecule has 5 nitrogen and oxygen atoms in total. The van der Waals surface area contributed by atoms with Gasteiger partial charge in [0.1, 0.15) is 0 Å². The monoisotopic (exact) mass is 393 g/mol. The molecule has 2 aliphatic carbocycles. The van der Waals surface area contributed by atoms with Gasteiger partial charge in [-0.05, 0) is 61.4 Å². The van der Waals surface area contributed by atoms with Gasteiger partial charge in [-0.25, -0.2) is 0 Å². The molecule has 5 rings (SSSR count). The van der Waals surface area contributed by atoms with E-state index >= 15 is 0 Å². The number of aliphatic hydroxyl groups is 1. The molecule has 1 aliphatic heterocycles. The summed E-state index contributed by atoms with van der Waals surface area (Å²) in [5.41, 5.74) is 6.98. The molecule has 1 amide bonds. The zero-order chi connectivity index (χ0) is 20.3. The number of aliphatic hydroxyl groups excluding tert-OH is 1. The fourth-order valence-electron chi connectivity index (χ4n) is 5.45. The highest BCUT2D eigenvalue weighted by atomic mass is 16.3. The van der Waals surface area contributed by atoms with Crippen molar-refractivity contribution in [3.8, 4) is 0 Å². The second-order valence-electron chi connectivity index (χ2n) is 9.08. The number of hydrogen-bond acceptors (Lipinski definition) is 3. The maximum absolute atomic E-state index is 12.9. The van der Waals surface area contributed by atoms with Crippen molar-refractivity contribution in [2.75, 3.05) is 20.2 Å². The largest absolute Gasteiger partial charge is 0.394 e. The summed E-state index contributed by atoms with van der Waals surface area (Å²) in [6, 6.07) is 6.79. The zero-order valence-corrected chi connectivity index (χ0v) is 17.6. The molecule has 0 bridgehead atoms. The number of nitrogens with zero attached hydrogens (tertiary/aromatic N) is 2. The third kappa shape index (κ3) is 2.94. The summed E-state index contributed by atoms with van der Waals surface area (Å²) in [6.45, 7) is 2.69. The Morgan fingerprint density at radius 1 is 1.31 bits per heavy atom. The van der Waals surface area contributed by atoms with Crippen LogP contribution in [0.15, 0.2) is 24.3 Å². The van der Waals surface area contributed by atoms with Crippen LogP contribution in [0.4, 0.5) is 0 Å². The predicted octanol–water partition coefficient (Wildman–Crippen LogP) is 2.81. The summed E-state index contributed by atoms with van der Waals surface area (Å²) in [4.78, 5) is 15.2. The van der Waals surface area contributed by atoms with Gasteiger partial charge in [0.15, 0.2) is 0 Å². The second kappa shape index (κ2) is 6.99. The molecule has 1 aromatic carbocycles. The molecule has 3 atom stereocenters. The number of aromatic nitrogens is 1. The van der Waals surface area contributed by atoms with E-state index in [1.165, 1.54) is 46.1 Å². The van der Waals surface area contributed by atoms with E-state index in [0.717, 1.165) is 25.3 Å². The Morgan fingerprint density at radius 2 is 2.10 bits per heavy atom. The van der Waals surface area contributed by atoms with E-state index in [-0.39, 0.29) is 24.5 Å². The van der Waals surface area contributed by atoms with Gasteiger partial charge in [-0.2, -0.15) is 0 Å². The molecule has 3 aliphatic rings. The normalized spacial score (nSPS) is 24.9. The number of amides is 1. The van der Waals surface area contributed by atoms with Gasteiger partial charge in [-0.15, -0.1) is 0 Å². The molecule has 1 saturated carbocycles. The standard InChI is InChI=1S/C24H31N3O2/c1-4-16(13-28)25-24(29)15-10-18-17-6-5-7-20-22(17)19(11-21(18)26(2)12-15)23(27(20)3)14-8-9-14/h5-7,10,14-16,21,28H,4,8-9,11-13H2,1-3H3,(H,25,29)/t15-,16?,21?/m1/s1. The number of carbonyl (C=O) groups is 1. The molecular weight excluding hydrogens is 362 g/mol. The lowest BCUT2D eigenvalue weighted by Crippen LogP contribution is -2.48. The van der Waals surface area contributed by atoms with Crippen LogP contribution in [0.25, 0.3) is 16.5 Å². The molecule has 2 N–H and O–H groups in total. The highest BCUT2D eigenvalue weighted by molar-refractivity contribution is 6.00. The van der Waals surface area contributed by atoms with Gasteiger partial charge < -0.3 is 15.0 Å². The van der Waals surface area contributed by atoms with Gasteiger partial charge in [0, 0.05) is 36.2 Å². The predicted molar refractivity (Wildman–Crippen MR) is 116 cm³/mol. The number of fused-ring (bicyclic) bond motifs is 2. The lowest BCUT2D eigenvalue weighted by Gasteiger charge is -2.40. The van der Waals surface area contributed by atoms with Gasteiger partial charge in [0.05, 0.1) is 18.6 Å². The van der Waals surface area contributed by atoms with Gasteiger partial charge >= 0.3 is 0 Å². The SMILES string of the molecule is CCC(CO)NC(=O)[C@@H]1C=C2c3cccc4c3c(c(C3CC3)n4C)CC2N(C)C1. The average molecular weight is 394 g/mol. The van der Waals surface area contributed by atoms with Crippen molar-refractivity contribution in [2.45, 2.75) is 50.6 Å². The summed E-state index contributed by atoms with van der Waals surface area (Å²) in [6.07, 6.45) is 6.58. The fraction of sp³-hybridized carbons (Fsp3) is 0.542. The van der Waals surface area contributed by atoms with Crippen LogP contribution in [-0.4, -0.2) is 52.8 Å². The van der Waals surface area contributed by atoms with E-state index in [1.807, 2.05) is 6.92 Å². The zero-order valence-electron chi connectivity index (χ0n) is 17.6. The number of benzene rings is 1. The summed E-state index contributed by atoms with van der Waals surface area (Å²) in [7, 11) is 4.36. The molecule has 2 unspecified atom stereocenters. The van der Waals surface area contributed by atoms with Crippen LogP contribution in [0.5, 0.6) is 0 Å². The first-order chi connectivity index (χ1) is 14.0. The van der Waals surface area contributed by atoms with Crippen molar-refractivity contribution in [2.24, 2.45) is 13.0 Å². The third-order valence-corrected chi connectivity index (χ3v) is 7.20. The summed E-state index contributed by atoms with van der Waals surface area (Å²) >= 11 is 0. The van der Waals surface area contributed by atoms with Crippen LogP contribution < -0.4 is 5.32 Å². The number of aryl methyl sites for hydroxylation is 1. The lowest BCUT2D eigenvalue weighted by atomic mass is 9.79. The van der Waals surface area contributed by atoms with E-state index in [2.05, 4.69) is 53.2 Å². The molecule has 0 radical (unpaired) electrons. The third-order valence-electron chi connectivity index (χ3n) is 7.20. The van der Waals surface area contributed by atoms with E-state index in [1.54, 1.807) is 0 Å². The topological polar surface area (TPSA) is 57.5 Å². The number of hydrogen-bond donors (Lipinski definition) is 2. The first-order valence-corrected chi connectivity index (χ1v) is 11.0. The fourth-order valence-corrected chi connectivity index (χ4v) is 5.45. The minimum Gasteiger partial charge on any atom is -0.394 e. The van der Waals surface area contributed by atoms with E-state index in [9.17, 15) is 9.90 Å². The molecule has 5 heteroatoms. The molecule has 0 saturated heterocycles. The Kier molecular flexibility index (Phi) is 4.56. The summed E-state index contributed by atoms with van der Waals surface area (Å²) < 4.78 is 2.42. The van der Waals surface area contributed by atoms with Gasteiger partial charge in [-0.1, -0.05) is 25.1 Å². The van der Waals surface area contributed by atoms with Crippen LogP contribution in [0.2, 0.25) is 0 Å². The van der Waals surface area contributed by atoms with Crippen molar-refractivity contribution in [1.82, 2.24) is 14.8 Å². The number of rotatable bonds is 5. The minimum absolute atomic E-state index is 0.0133. The smallest absolute Gasteiger partial charge is 0.228 e. The molecule has 2 aromatic rings. The highest BCUT2D eigenvalue weighted by Gasteiger charge is 2.39. The average Bonchev–Trinajstić information content (AvgIpc) is 3.52. The van der Waals surface area contributed by atoms with Crippen molar-refractivity contribution in [1.29, 1.82) is 0 Å². The molecule has 154 valence electrons. The van der Waals surface area contributed by atoms with Crippen molar-refractivity contribution in [3.63, 3.8) is 0 Å². The molecular formula is C24H31N3O2. The van der Waals surface area contributed by atoms with Crippen LogP contribution in [0, 0.1) is 5.92 Å². The molecule has 29 heavy (non-hydrogen) atoms. The van der Waals surface area contributed by atoms with Crippen LogP contribution in [0.1, 0.15) is 48.9 Å². The molecule has 1 fully saturated rings. The molecule has 2 heterocycles. The van der Waals surface area contributed by atoms with Crippen LogP contribution in [0.3, 0.4) is 0 Å². The first-order valence-electron chi connectivity index (χ1n) is 11.0. The lowest BCUT2D eigenvalue weighted by molar-refractivity contribution is -0.125. The van der Waals surface area contributed by atoms with E-state index < -0.39 is 0 Å². The Balaban J connectivity index is 1.58. The van der Waals surface area contributed by atoms with E-state index in [4.69, 9.17) is 0 Å². The Hall–Kier alpha value is -2.11. The number of nitrogens with one attached hydrogen (secondary N) is 1. The Labute approximate surface area is 172 Å². The quantitative estimate of drug-likeness (QED) is 0.821. The number of likely N-dealkylation sites (N-methyl/N-ethyl adjacent to an activating group) is 1. The Morgan fingerprint density at radius 3 is 2.79 bits per heavy atom.